The highest BCUT2D eigenvalue weighted by Crippen LogP contribution is 2.18. The summed E-state index contributed by atoms with van der Waals surface area (Å²) in [5.41, 5.74) is 6.57. The number of nitrogens with one attached hydrogen (secondary N) is 1. The van der Waals surface area contributed by atoms with Crippen molar-refractivity contribution in [3.05, 3.63) is 23.8 Å². The Balaban J connectivity index is 3.34. The van der Waals surface area contributed by atoms with Gasteiger partial charge in [0, 0.05) is 0 Å². The molecule has 0 atom stereocenters. The van der Waals surface area contributed by atoms with Gasteiger partial charge in [0.05, 0.1) is 16.1 Å². The Hall–Kier alpha value is -1.60. The van der Waals surface area contributed by atoms with Crippen LogP contribution in [0.5, 0.6) is 0 Å². The SMILES string of the molecule is [NH]c1cc(S(N)(=O)=O)ccc1C(=O)O. The lowest BCUT2D eigenvalue weighted by atomic mass is 10.2. The monoisotopic (exact) mass is 215 g/mol. The van der Waals surface area contributed by atoms with Crippen molar-refractivity contribution in [3.63, 3.8) is 0 Å². The van der Waals surface area contributed by atoms with Crippen molar-refractivity contribution in [3.8, 4) is 0 Å². The number of hydrogen-bond donors (Lipinski definition) is 2. The van der Waals surface area contributed by atoms with Gasteiger partial charge in [-0.2, -0.15) is 0 Å². The van der Waals surface area contributed by atoms with Crippen LogP contribution in [-0.2, 0) is 10.0 Å². The molecule has 1 aromatic carbocycles. The van der Waals surface area contributed by atoms with Crippen LogP contribution >= 0.6 is 0 Å². The molecule has 75 valence electrons. The molecule has 0 unspecified atom stereocenters. The number of aromatic carboxylic acids is 1. The molecule has 7 heteroatoms. The molecule has 0 aromatic heterocycles. The minimum atomic E-state index is -3.88. The van der Waals surface area contributed by atoms with E-state index >= 15 is 0 Å². The fourth-order valence-electron chi connectivity index (χ4n) is 0.887. The number of carbonyl (C=O) groups is 1. The van der Waals surface area contributed by atoms with Gasteiger partial charge in [0.25, 0.3) is 0 Å². The summed E-state index contributed by atoms with van der Waals surface area (Å²) < 4.78 is 21.6. The van der Waals surface area contributed by atoms with Crippen LogP contribution in [0.2, 0.25) is 0 Å². The zero-order valence-corrected chi connectivity index (χ0v) is 7.71. The van der Waals surface area contributed by atoms with Crippen molar-refractivity contribution in [2.24, 2.45) is 5.14 Å². The van der Waals surface area contributed by atoms with E-state index < -0.39 is 16.0 Å². The summed E-state index contributed by atoms with van der Waals surface area (Å²) in [6.07, 6.45) is 0. The molecule has 0 heterocycles. The second kappa shape index (κ2) is 3.28. The molecule has 0 saturated heterocycles. The van der Waals surface area contributed by atoms with E-state index in [0.717, 1.165) is 18.2 Å². The summed E-state index contributed by atoms with van der Waals surface area (Å²) in [6, 6.07) is 2.99. The van der Waals surface area contributed by atoms with Gasteiger partial charge in [-0.3, -0.25) is 5.73 Å². The molecule has 1 rings (SSSR count). The van der Waals surface area contributed by atoms with Gasteiger partial charge in [-0.15, -0.1) is 0 Å². The highest BCUT2D eigenvalue weighted by molar-refractivity contribution is 7.89. The number of carboxylic acid groups (broad SMARTS) is 1. The smallest absolute Gasteiger partial charge is 0.337 e. The van der Waals surface area contributed by atoms with Gasteiger partial charge in [0.2, 0.25) is 10.0 Å². The number of primary sulfonamides is 1. The standard InChI is InChI=1S/C7H7N2O4S/c8-6-3-4(14(9,12)13)1-2-5(6)7(10)11/h1-3,8H,(H,10,11)(H2,9,12,13). The van der Waals surface area contributed by atoms with Crippen LogP contribution in [0.25, 0.3) is 0 Å². The molecule has 0 amide bonds. The molecule has 1 aromatic rings. The van der Waals surface area contributed by atoms with E-state index in [1.165, 1.54) is 0 Å². The number of benzene rings is 1. The largest absolute Gasteiger partial charge is 0.478 e. The van der Waals surface area contributed by atoms with Crippen LogP contribution in [-0.4, -0.2) is 19.5 Å². The fourth-order valence-corrected chi connectivity index (χ4v) is 1.43. The van der Waals surface area contributed by atoms with Crippen molar-refractivity contribution in [1.29, 1.82) is 0 Å². The number of carboxylic acids is 1. The second-order valence-corrected chi connectivity index (χ2v) is 4.12. The van der Waals surface area contributed by atoms with E-state index in [0.29, 0.717) is 0 Å². The van der Waals surface area contributed by atoms with Crippen molar-refractivity contribution >= 4 is 21.7 Å². The number of nitrogens with two attached hydrogens (primary N) is 1. The summed E-state index contributed by atoms with van der Waals surface area (Å²) in [5, 5.41) is 13.4. The first-order valence-electron chi connectivity index (χ1n) is 3.44. The molecule has 0 aliphatic heterocycles. The van der Waals surface area contributed by atoms with E-state index in [2.05, 4.69) is 0 Å². The first-order valence-corrected chi connectivity index (χ1v) is 4.99. The predicted octanol–water partition coefficient (Wildman–Crippen LogP) is -0.0534. The van der Waals surface area contributed by atoms with Crippen LogP contribution < -0.4 is 10.9 Å². The molecule has 14 heavy (non-hydrogen) atoms. The maximum atomic E-state index is 10.8. The maximum Gasteiger partial charge on any atom is 0.337 e. The first kappa shape index (κ1) is 10.5. The van der Waals surface area contributed by atoms with Crippen LogP contribution in [0.1, 0.15) is 10.4 Å². The Bertz CT molecular complexity index is 480. The quantitative estimate of drug-likeness (QED) is 0.717. The molecule has 0 aliphatic rings. The van der Waals surface area contributed by atoms with E-state index in [1.54, 1.807) is 0 Å². The summed E-state index contributed by atoms with van der Waals surface area (Å²) in [5.74, 6) is -1.28. The van der Waals surface area contributed by atoms with E-state index in [-0.39, 0.29) is 16.1 Å². The molecule has 1 radical (unpaired) electrons. The van der Waals surface area contributed by atoms with E-state index in [4.69, 9.17) is 16.0 Å². The van der Waals surface area contributed by atoms with Crippen LogP contribution in [0.4, 0.5) is 5.69 Å². The molecule has 0 bridgehead atoms. The second-order valence-electron chi connectivity index (χ2n) is 2.56. The molecule has 0 saturated carbocycles. The minimum Gasteiger partial charge on any atom is -0.478 e. The van der Waals surface area contributed by atoms with Crippen molar-refractivity contribution in [2.75, 3.05) is 0 Å². The minimum absolute atomic E-state index is 0.266. The average Bonchev–Trinajstić information content (AvgIpc) is 2.01. The summed E-state index contributed by atoms with van der Waals surface area (Å²) in [6.45, 7) is 0. The Morgan fingerprint density at radius 1 is 1.43 bits per heavy atom. The first-order chi connectivity index (χ1) is 6.32. The van der Waals surface area contributed by atoms with Crippen LogP contribution in [0.15, 0.2) is 23.1 Å². The molecule has 4 N–H and O–H groups in total. The normalized spacial score (nSPS) is 11.2. The molecule has 6 nitrogen and oxygen atoms in total. The maximum absolute atomic E-state index is 10.8. The molecular weight excluding hydrogens is 208 g/mol. The van der Waals surface area contributed by atoms with Gasteiger partial charge < -0.3 is 5.11 Å². The summed E-state index contributed by atoms with van der Waals surface area (Å²) in [7, 11) is -3.88. The van der Waals surface area contributed by atoms with Crippen molar-refractivity contribution in [2.45, 2.75) is 4.90 Å². The topological polar surface area (TPSA) is 121 Å². The summed E-state index contributed by atoms with van der Waals surface area (Å²) in [4.78, 5) is 10.2. The Morgan fingerprint density at radius 3 is 2.36 bits per heavy atom. The third-order valence-corrected chi connectivity index (χ3v) is 2.46. The highest BCUT2D eigenvalue weighted by Gasteiger charge is 2.13. The average molecular weight is 215 g/mol. The zero-order valence-electron chi connectivity index (χ0n) is 6.89. The van der Waals surface area contributed by atoms with Gasteiger partial charge in [-0.05, 0) is 18.2 Å². The molecule has 0 spiro atoms. The lowest BCUT2D eigenvalue weighted by Gasteiger charge is -2.01. The van der Waals surface area contributed by atoms with Crippen LogP contribution in [0, 0.1) is 0 Å². The Kier molecular flexibility index (Phi) is 2.45. The van der Waals surface area contributed by atoms with E-state index in [1.807, 2.05) is 0 Å². The van der Waals surface area contributed by atoms with E-state index in [9.17, 15) is 13.2 Å². The molecule has 0 aliphatic carbocycles. The van der Waals surface area contributed by atoms with Crippen molar-refractivity contribution < 1.29 is 18.3 Å². The predicted molar refractivity (Wildman–Crippen MR) is 47.5 cm³/mol. The third kappa shape index (κ3) is 2.01. The Morgan fingerprint density at radius 2 is 2.00 bits per heavy atom. The number of sulfonamides is 1. The third-order valence-electron chi connectivity index (χ3n) is 1.55. The number of rotatable bonds is 2. The lowest BCUT2D eigenvalue weighted by Crippen LogP contribution is -2.12. The van der Waals surface area contributed by atoms with Gasteiger partial charge in [0.1, 0.15) is 0 Å². The van der Waals surface area contributed by atoms with Crippen LogP contribution in [0.3, 0.4) is 0 Å². The molecule has 0 fully saturated rings. The summed E-state index contributed by atoms with van der Waals surface area (Å²) >= 11 is 0. The van der Waals surface area contributed by atoms with Gasteiger partial charge in [-0.1, -0.05) is 0 Å². The zero-order chi connectivity index (χ0) is 10.9. The van der Waals surface area contributed by atoms with Crippen molar-refractivity contribution in [1.82, 2.24) is 5.73 Å². The van der Waals surface area contributed by atoms with Gasteiger partial charge >= 0.3 is 5.97 Å². The van der Waals surface area contributed by atoms with Gasteiger partial charge in [0.15, 0.2) is 0 Å². The fraction of sp³-hybridized carbons (Fsp3) is 0. The molecular formula is C7H7N2O4S. The lowest BCUT2D eigenvalue weighted by molar-refractivity contribution is 0.0697. The number of hydrogen-bond acceptors (Lipinski definition) is 3. The Labute approximate surface area is 80.2 Å². The van der Waals surface area contributed by atoms with Gasteiger partial charge in [-0.25, -0.2) is 18.4 Å². The highest BCUT2D eigenvalue weighted by atomic mass is 32.2.